The van der Waals surface area contributed by atoms with E-state index >= 15 is 0 Å². The number of hydrogen-bond donors (Lipinski definition) is 0. The highest BCUT2D eigenvalue weighted by atomic mass is 14.0. The molecule has 0 radical (unpaired) electrons. The van der Waals surface area contributed by atoms with E-state index in [1.165, 1.54) is 35.1 Å². The summed E-state index contributed by atoms with van der Waals surface area (Å²) in [5.74, 6) is 0. The lowest BCUT2D eigenvalue weighted by Gasteiger charge is -2.06. The molecule has 0 fully saturated rings. The zero-order chi connectivity index (χ0) is 21.8. The lowest BCUT2D eigenvalue weighted by Crippen LogP contribution is -2.24. The SMILES string of the molecule is C=C/C=C(C)/C(C)=C/C(C(=C)C)=c1/ccccc1=C.CCCc1ccc(C)cc1. The maximum Gasteiger partial charge on any atom is -0.0115 e. The summed E-state index contributed by atoms with van der Waals surface area (Å²) in [6, 6.07) is 16.9. The molecule has 0 heterocycles. The zero-order valence-corrected chi connectivity index (χ0v) is 18.9. The van der Waals surface area contributed by atoms with Gasteiger partial charge in [0.15, 0.2) is 0 Å². The Bertz CT molecular complexity index is 979. The summed E-state index contributed by atoms with van der Waals surface area (Å²) < 4.78 is 0. The molecular formula is C29H36. The Balaban J connectivity index is 0.000000352. The summed E-state index contributed by atoms with van der Waals surface area (Å²) in [5, 5.41) is 2.16. The van der Waals surface area contributed by atoms with Gasteiger partial charge in [0.05, 0.1) is 0 Å². The van der Waals surface area contributed by atoms with E-state index in [1.807, 2.05) is 37.3 Å². The van der Waals surface area contributed by atoms with Crippen molar-refractivity contribution < 1.29 is 0 Å². The lowest BCUT2D eigenvalue weighted by molar-refractivity contribution is 0.921. The molecule has 0 aliphatic carbocycles. The van der Waals surface area contributed by atoms with Gasteiger partial charge in [-0.1, -0.05) is 111 Å². The van der Waals surface area contributed by atoms with Crippen LogP contribution < -0.4 is 10.4 Å². The lowest BCUT2D eigenvalue weighted by atomic mass is 9.99. The van der Waals surface area contributed by atoms with Crippen LogP contribution in [-0.4, -0.2) is 0 Å². The van der Waals surface area contributed by atoms with E-state index in [-0.39, 0.29) is 0 Å². The van der Waals surface area contributed by atoms with Crippen LogP contribution in [0, 0.1) is 6.92 Å². The van der Waals surface area contributed by atoms with E-state index in [1.54, 1.807) is 0 Å². The van der Waals surface area contributed by atoms with Crippen LogP contribution >= 0.6 is 0 Å². The molecule has 152 valence electrons. The molecule has 0 saturated heterocycles. The average Bonchev–Trinajstić information content (AvgIpc) is 2.69. The van der Waals surface area contributed by atoms with Crippen LogP contribution in [0.5, 0.6) is 0 Å². The van der Waals surface area contributed by atoms with Gasteiger partial charge in [-0.2, -0.15) is 0 Å². The molecule has 0 bridgehead atoms. The van der Waals surface area contributed by atoms with Crippen molar-refractivity contribution in [3.8, 4) is 0 Å². The normalized spacial score (nSPS) is 12.6. The minimum absolute atomic E-state index is 1.02. The highest BCUT2D eigenvalue weighted by Crippen LogP contribution is 2.16. The molecule has 0 amide bonds. The van der Waals surface area contributed by atoms with E-state index in [0.717, 1.165) is 21.6 Å². The van der Waals surface area contributed by atoms with Crippen LogP contribution in [0.3, 0.4) is 0 Å². The molecule has 0 aromatic heterocycles. The highest BCUT2D eigenvalue weighted by Gasteiger charge is 2.00. The van der Waals surface area contributed by atoms with Gasteiger partial charge in [-0.25, -0.2) is 0 Å². The molecule has 0 heteroatoms. The molecule has 0 spiro atoms. The van der Waals surface area contributed by atoms with Crippen molar-refractivity contribution in [2.24, 2.45) is 0 Å². The molecule has 0 aliphatic rings. The minimum atomic E-state index is 1.02. The van der Waals surface area contributed by atoms with Gasteiger partial charge in [0.2, 0.25) is 0 Å². The van der Waals surface area contributed by atoms with Crippen molar-refractivity contribution in [3.63, 3.8) is 0 Å². The second-order valence-corrected chi connectivity index (χ2v) is 7.50. The maximum absolute atomic E-state index is 4.09. The summed E-state index contributed by atoms with van der Waals surface area (Å²) in [4.78, 5) is 0. The number of rotatable bonds is 6. The molecule has 0 N–H and O–H groups in total. The number of aryl methyl sites for hydroxylation is 2. The summed E-state index contributed by atoms with van der Waals surface area (Å²) in [6.07, 6.45) is 8.44. The number of benzene rings is 2. The third-order valence-corrected chi connectivity index (χ3v) is 4.78. The van der Waals surface area contributed by atoms with Crippen LogP contribution in [0.4, 0.5) is 0 Å². The van der Waals surface area contributed by atoms with Crippen LogP contribution in [0.2, 0.25) is 0 Å². The van der Waals surface area contributed by atoms with Gasteiger partial charge in [0.1, 0.15) is 0 Å². The van der Waals surface area contributed by atoms with Gasteiger partial charge in [0, 0.05) is 0 Å². The Morgan fingerprint density at radius 2 is 1.55 bits per heavy atom. The molecule has 2 rings (SSSR count). The second-order valence-electron chi connectivity index (χ2n) is 7.50. The Kier molecular flexibility index (Phi) is 10.5. The monoisotopic (exact) mass is 384 g/mol. The van der Waals surface area contributed by atoms with Gasteiger partial charge in [-0.3, -0.25) is 0 Å². The quantitative estimate of drug-likeness (QED) is 0.478. The van der Waals surface area contributed by atoms with Crippen molar-refractivity contribution in [2.45, 2.75) is 47.5 Å². The summed E-state index contributed by atoms with van der Waals surface area (Å²) in [5.41, 5.74) is 7.39. The fraction of sp³-hybridized carbons (Fsp3) is 0.241. The van der Waals surface area contributed by atoms with Gasteiger partial charge in [-0.05, 0) is 66.8 Å². The van der Waals surface area contributed by atoms with Gasteiger partial charge < -0.3 is 0 Å². The third-order valence-electron chi connectivity index (χ3n) is 4.78. The molecule has 0 unspecified atom stereocenters. The number of allylic oxidation sites excluding steroid dienone is 6. The van der Waals surface area contributed by atoms with Crippen LogP contribution in [0.15, 0.2) is 96.6 Å². The summed E-state index contributed by atoms with van der Waals surface area (Å²) >= 11 is 0. The third kappa shape index (κ3) is 8.35. The van der Waals surface area contributed by atoms with Crippen molar-refractivity contribution in [1.29, 1.82) is 0 Å². The molecule has 0 aliphatic heterocycles. The van der Waals surface area contributed by atoms with Crippen LogP contribution in [0.25, 0.3) is 12.2 Å². The van der Waals surface area contributed by atoms with Crippen LogP contribution in [0.1, 0.15) is 45.2 Å². The van der Waals surface area contributed by atoms with E-state index in [2.05, 4.69) is 83.8 Å². The molecular weight excluding hydrogens is 348 g/mol. The molecule has 0 nitrogen and oxygen atoms in total. The van der Waals surface area contributed by atoms with Crippen LogP contribution in [-0.2, 0) is 6.42 Å². The van der Waals surface area contributed by atoms with Gasteiger partial charge >= 0.3 is 0 Å². The Labute approximate surface area is 178 Å². The molecule has 2 aromatic rings. The largest absolute Gasteiger partial charge is 0.0991 e. The standard InChI is InChI=1S/C19H22.C10H14/c1-7-10-15(4)17(6)13-19(14(2)3)18-12-9-8-11-16(18)5;1-3-4-10-7-5-9(2)6-8-10/h7-13H,1-2,5H2,3-4,6H3;5-8H,3-4H2,1-2H3/b15-10+,17-13+,19-18+;. The fourth-order valence-corrected chi connectivity index (χ4v) is 2.90. The van der Waals surface area contributed by atoms with Crippen molar-refractivity contribution in [2.75, 3.05) is 0 Å². The fourth-order valence-electron chi connectivity index (χ4n) is 2.90. The van der Waals surface area contributed by atoms with Crippen molar-refractivity contribution in [1.82, 2.24) is 0 Å². The Morgan fingerprint density at radius 3 is 2.07 bits per heavy atom. The first-order valence-corrected chi connectivity index (χ1v) is 10.3. The predicted octanol–water partition coefficient (Wildman–Crippen LogP) is 6.85. The zero-order valence-electron chi connectivity index (χ0n) is 18.9. The van der Waals surface area contributed by atoms with Gasteiger partial charge in [-0.15, -0.1) is 0 Å². The van der Waals surface area contributed by atoms with Crippen molar-refractivity contribution in [3.05, 3.63) is 118 Å². The molecule has 0 saturated carbocycles. The molecule has 29 heavy (non-hydrogen) atoms. The van der Waals surface area contributed by atoms with E-state index in [4.69, 9.17) is 0 Å². The first-order chi connectivity index (χ1) is 13.8. The second kappa shape index (κ2) is 12.6. The topological polar surface area (TPSA) is 0 Å². The highest BCUT2D eigenvalue weighted by molar-refractivity contribution is 5.73. The smallest absolute Gasteiger partial charge is 0.0115 e. The average molecular weight is 385 g/mol. The molecule has 0 atom stereocenters. The summed E-state index contributed by atoms with van der Waals surface area (Å²) in [7, 11) is 0. The van der Waals surface area contributed by atoms with E-state index in [0.29, 0.717) is 0 Å². The predicted molar refractivity (Wildman–Crippen MR) is 132 cm³/mol. The minimum Gasteiger partial charge on any atom is -0.0991 e. The maximum atomic E-state index is 4.09. The summed E-state index contributed by atoms with van der Waals surface area (Å²) in [6.45, 7) is 22.4. The van der Waals surface area contributed by atoms with Gasteiger partial charge in [0.25, 0.3) is 0 Å². The molecule has 2 aromatic carbocycles. The number of hydrogen-bond acceptors (Lipinski definition) is 0. The first kappa shape index (κ1) is 24.2. The Hall–Kier alpha value is -2.86. The Morgan fingerprint density at radius 1 is 0.931 bits per heavy atom. The van der Waals surface area contributed by atoms with E-state index < -0.39 is 0 Å². The van der Waals surface area contributed by atoms with Crippen molar-refractivity contribution >= 4 is 12.2 Å². The first-order valence-electron chi connectivity index (χ1n) is 10.3. The van der Waals surface area contributed by atoms with E-state index in [9.17, 15) is 0 Å².